The second-order valence-electron chi connectivity index (χ2n) is 5.96. The van der Waals surface area contributed by atoms with Gasteiger partial charge in [0.1, 0.15) is 0 Å². The number of nitro groups is 1. The second kappa shape index (κ2) is 7.63. The lowest BCUT2D eigenvalue weighted by Crippen LogP contribution is -2.48. The van der Waals surface area contributed by atoms with Crippen LogP contribution in [0.1, 0.15) is 15.9 Å². The Kier molecular flexibility index (Phi) is 5.31. The van der Waals surface area contributed by atoms with E-state index in [0.717, 1.165) is 0 Å². The average Bonchev–Trinajstić information content (AvgIpc) is 2.62. The number of carbonyl (C=O) groups excluding carboxylic acids is 1. The number of amides is 1. The molecule has 2 aromatic carbocycles. The highest BCUT2D eigenvalue weighted by molar-refractivity contribution is 6.30. The molecule has 3 rings (SSSR count). The Morgan fingerprint density at radius 1 is 1.08 bits per heavy atom. The van der Waals surface area contributed by atoms with Crippen molar-refractivity contribution in [3.8, 4) is 0 Å². The smallest absolute Gasteiger partial charge is 0.273 e. The van der Waals surface area contributed by atoms with Crippen molar-refractivity contribution in [1.82, 2.24) is 9.80 Å². The van der Waals surface area contributed by atoms with Gasteiger partial charge in [0.2, 0.25) is 0 Å². The zero-order valence-electron chi connectivity index (χ0n) is 13.6. The standard InChI is InChI=1S/C18H18ClN3O3/c19-16-6-7-17(22(24)25)15(12-16)13-20-8-10-21(11-9-20)18(23)14-4-2-1-3-5-14/h1-7,12H,8-11,13H2. The van der Waals surface area contributed by atoms with Gasteiger partial charge in [0.15, 0.2) is 0 Å². The molecule has 25 heavy (non-hydrogen) atoms. The van der Waals surface area contributed by atoms with Crippen LogP contribution < -0.4 is 0 Å². The van der Waals surface area contributed by atoms with Crippen molar-refractivity contribution in [3.63, 3.8) is 0 Å². The molecule has 1 amide bonds. The maximum atomic E-state index is 12.5. The van der Waals surface area contributed by atoms with Gasteiger partial charge in [0.25, 0.3) is 11.6 Å². The normalized spacial score (nSPS) is 15.2. The summed E-state index contributed by atoms with van der Waals surface area (Å²) >= 11 is 5.98. The van der Waals surface area contributed by atoms with Crippen LogP contribution in [0.25, 0.3) is 0 Å². The SMILES string of the molecule is O=C(c1ccccc1)N1CCN(Cc2cc(Cl)ccc2[N+](=O)[O-])CC1. The van der Waals surface area contributed by atoms with Gasteiger partial charge in [0, 0.05) is 54.9 Å². The maximum Gasteiger partial charge on any atom is 0.273 e. The molecule has 1 heterocycles. The number of nitro benzene ring substituents is 1. The Balaban J connectivity index is 1.63. The highest BCUT2D eigenvalue weighted by Crippen LogP contribution is 2.24. The van der Waals surface area contributed by atoms with E-state index >= 15 is 0 Å². The first-order valence-corrected chi connectivity index (χ1v) is 8.42. The third kappa shape index (κ3) is 4.15. The Morgan fingerprint density at radius 3 is 2.40 bits per heavy atom. The van der Waals surface area contributed by atoms with Crippen molar-refractivity contribution < 1.29 is 9.72 Å². The Morgan fingerprint density at radius 2 is 1.76 bits per heavy atom. The van der Waals surface area contributed by atoms with E-state index in [4.69, 9.17) is 11.6 Å². The van der Waals surface area contributed by atoms with Gasteiger partial charge in [-0.25, -0.2) is 0 Å². The lowest BCUT2D eigenvalue weighted by atomic mass is 10.1. The molecule has 0 spiro atoms. The molecular formula is C18H18ClN3O3. The van der Waals surface area contributed by atoms with E-state index in [1.165, 1.54) is 12.1 Å². The molecular weight excluding hydrogens is 342 g/mol. The van der Waals surface area contributed by atoms with Crippen molar-refractivity contribution in [1.29, 1.82) is 0 Å². The number of rotatable bonds is 4. The minimum absolute atomic E-state index is 0.0222. The Labute approximate surface area is 150 Å². The molecule has 0 N–H and O–H groups in total. The highest BCUT2D eigenvalue weighted by atomic mass is 35.5. The number of hydrogen-bond acceptors (Lipinski definition) is 4. The first-order chi connectivity index (χ1) is 12.0. The minimum atomic E-state index is -0.388. The van der Waals surface area contributed by atoms with Crippen LogP contribution in [0.5, 0.6) is 0 Å². The van der Waals surface area contributed by atoms with Crippen LogP contribution in [0, 0.1) is 10.1 Å². The largest absolute Gasteiger partial charge is 0.336 e. The third-order valence-corrected chi connectivity index (χ3v) is 4.55. The molecule has 0 radical (unpaired) electrons. The van der Waals surface area contributed by atoms with E-state index in [0.29, 0.717) is 48.9 Å². The average molecular weight is 360 g/mol. The zero-order chi connectivity index (χ0) is 17.8. The molecule has 6 nitrogen and oxygen atoms in total. The summed E-state index contributed by atoms with van der Waals surface area (Å²) in [4.78, 5) is 27.2. The maximum absolute atomic E-state index is 12.5. The molecule has 0 unspecified atom stereocenters. The fourth-order valence-corrected chi connectivity index (χ4v) is 3.17. The van der Waals surface area contributed by atoms with Gasteiger partial charge >= 0.3 is 0 Å². The van der Waals surface area contributed by atoms with Gasteiger partial charge in [-0.15, -0.1) is 0 Å². The van der Waals surface area contributed by atoms with Gasteiger partial charge < -0.3 is 4.90 Å². The first kappa shape index (κ1) is 17.4. The van der Waals surface area contributed by atoms with E-state index in [1.54, 1.807) is 6.07 Å². The van der Waals surface area contributed by atoms with Crippen LogP contribution in [-0.2, 0) is 6.54 Å². The number of carbonyl (C=O) groups is 1. The summed E-state index contributed by atoms with van der Waals surface area (Å²) in [5, 5.41) is 11.6. The summed E-state index contributed by atoms with van der Waals surface area (Å²) in [7, 11) is 0. The van der Waals surface area contributed by atoms with Gasteiger partial charge in [0.05, 0.1) is 4.92 Å². The molecule has 7 heteroatoms. The Bertz CT molecular complexity index is 774. The minimum Gasteiger partial charge on any atom is -0.336 e. The molecule has 130 valence electrons. The molecule has 0 aliphatic carbocycles. The molecule has 1 aliphatic rings. The molecule has 1 saturated heterocycles. The van der Waals surface area contributed by atoms with Crippen molar-refractivity contribution >= 4 is 23.2 Å². The summed E-state index contributed by atoms with van der Waals surface area (Å²) in [6, 6.07) is 13.8. The summed E-state index contributed by atoms with van der Waals surface area (Å²) in [5.74, 6) is 0.0222. The predicted octanol–water partition coefficient (Wildman–Crippen LogP) is 3.21. The number of benzene rings is 2. The van der Waals surface area contributed by atoms with E-state index < -0.39 is 0 Å². The number of piperazine rings is 1. The second-order valence-corrected chi connectivity index (χ2v) is 6.40. The molecule has 1 fully saturated rings. The summed E-state index contributed by atoms with van der Waals surface area (Å²) in [6.45, 7) is 2.99. The topological polar surface area (TPSA) is 66.7 Å². The van der Waals surface area contributed by atoms with E-state index in [2.05, 4.69) is 4.90 Å². The predicted molar refractivity (Wildman–Crippen MR) is 95.7 cm³/mol. The van der Waals surface area contributed by atoms with Crippen LogP contribution in [0.15, 0.2) is 48.5 Å². The summed E-state index contributed by atoms with van der Waals surface area (Å²) < 4.78 is 0. The number of nitrogens with zero attached hydrogens (tertiary/aromatic N) is 3. The van der Waals surface area contributed by atoms with Crippen molar-refractivity contribution in [2.45, 2.75) is 6.54 Å². The van der Waals surface area contributed by atoms with E-state index in [-0.39, 0.29) is 16.5 Å². The lowest BCUT2D eigenvalue weighted by molar-refractivity contribution is -0.385. The molecule has 0 atom stereocenters. The van der Waals surface area contributed by atoms with E-state index in [9.17, 15) is 14.9 Å². The molecule has 0 saturated carbocycles. The van der Waals surface area contributed by atoms with Gasteiger partial charge in [-0.3, -0.25) is 19.8 Å². The highest BCUT2D eigenvalue weighted by Gasteiger charge is 2.24. The monoisotopic (exact) mass is 359 g/mol. The first-order valence-electron chi connectivity index (χ1n) is 8.04. The van der Waals surface area contributed by atoms with Crippen LogP contribution in [0.2, 0.25) is 5.02 Å². The lowest BCUT2D eigenvalue weighted by Gasteiger charge is -2.34. The zero-order valence-corrected chi connectivity index (χ0v) is 14.4. The van der Waals surface area contributed by atoms with Crippen molar-refractivity contribution in [2.24, 2.45) is 0 Å². The van der Waals surface area contributed by atoms with E-state index in [1.807, 2.05) is 35.2 Å². The van der Waals surface area contributed by atoms with Gasteiger partial charge in [-0.05, 0) is 24.3 Å². The summed E-state index contributed by atoms with van der Waals surface area (Å²) in [6.07, 6.45) is 0. The van der Waals surface area contributed by atoms with Crippen LogP contribution in [0.3, 0.4) is 0 Å². The Hall–Kier alpha value is -2.44. The van der Waals surface area contributed by atoms with Gasteiger partial charge in [-0.1, -0.05) is 29.8 Å². The number of halogens is 1. The molecule has 2 aromatic rings. The molecule has 1 aliphatic heterocycles. The van der Waals surface area contributed by atoms with Crippen molar-refractivity contribution in [3.05, 3.63) is 74.8 Å². The molecule has 0 aromatic heterocycles. The van der Waals surface area contributed by atoms with Crippen LogP contribution >= 0.6 is 11.6 Å². The van der Waals surface area contributed by atoms with Crippen LogP contribution in [0.4, 0.5) is 5.69 Å². The summed E-state index contributed by atoms with van der Waals surface area (Å²) in [5.41, 5.74) is 1.36. The molecule has 0 bridgehead atoms. The van der Waals surface area contributed by atoms with Crippen molar-refractivity contribution in [2.75, 3.05) is 26.2 Å². The van der Waals surface area contributed by atoms with Crippen LogP contribution in [-0.4, -0.2) is 46.8 Å². The quantitative estimate of drug-likeness (QED) is 0.621. The fourth-order valence-electron chi connectivity index (χ4n) is 2.97. The van der Waals surface area contributed by atoms with Gasteiger partial charge in [-0.2, -0.15) is 0 Å². The number of hydrogen-bond donors (Lipinski definition) is 0. The third-order valence-electron chi connectivity index (χ3n) is 4.31. The fraction of sp³-hybridized carbons (Fsp3) is 0.278.